The quantitative estimate of drug-likeness (QED) is 0.897. The highest BCUT2D eigenvalue weighted by Crippen LogP contribution is 2.11. The van der Waals surface area contributed by atoms with E-state index >= 15 is 0 Å². The number of amides is 1. The normalized spacial score (nSPS) is 11.2. The molecule has 0 aromatic carbocycles. The van der Waals surface area contributed by atoms with Crippen LogP contribution in [0.1, 0.15) is 35.6 Å². The van der Waals surface area contributed by atoms with E-state index in [4.69, 9.17) is 0 Å². The molecule has 0 fully saturated rings. The summed E-state index contributed by atoms with van der Waals surface area (Å²) in [6.07, 6.45) is 1.57. The molecule has 0 spiro atoms. The third kappa shape index (κ3) is 2.34. The monoisotopic (exact) mass is 246 g/mol. The molecule has 0 aliphatic heterocycles. The second-order valence-corrected chi connectivity index (χ2v) is 4.94. The molecule has 0 atom stereocenters. The summed E-state index contributed by atoms with van der Waals surface area (Å²) in [7, 11) is 0. The third-order valence-electron chi connectivity index (χ3n) is 2.69. The van der Waals surface area contributed by atoms with Gasteiger partial charge in [0.1, 0.15) is 5.56 Å². The van der Waals surface area contributed by atoms with Gasteiger partial charge in [-0.05, 0) is 25.8 Å². The predicted molar refractivity (Wildman–Crippen MR) is 69.6 cm³/mol. The zero-order valence-electron chi connectivity index (χ0n) is 11.2. The number of aryl methyl sites for hydroxylation is 2. The van der Waals surface area contributed by atoms with Crippen LogP contribution in [0.25, 0.3) is 5.65 Å². The van der Waals surface area contributed by atoms with E-state index in [1.165, 1.54) is 0 Å². The van der Waals surface area contributed by atoms with Crippen molar-refractivity contribution in [1.82, 2.24) is 19.9 Å². The minimum atomic E-state index is -0.115. The molecule has 0 bridgehead atoms. The lowest BCUT2D eigenvalue weighted by Gasteiger charge is -2.06. The number of nitrogens with zero attached hydrogens (tertiary/aromatic N) is 3. The lowest BCUT2D eigenvalue weighted by atomic mass is 10.2. The summed E-state index contributed by atoms with van der Waals surface area (Å²) in [6, 6.07) is 1.94. The Morgan fingerprint density at radius 3 is 2.83 bits per heavy atom. The van der Waals surface area contributed by atoms with Crippen LogP contribution < -0.4 is 5.32 Å². The molecule has 18 heavy (non-hydrogen) atoms. The molecule has 0 saturated carbocycles. The van der Waals surface area contributed by atoms with Crippen LogP contribution in [0.4, 0.5) is 0 Å². The SMILES string of the molecule is Cc1cc(C)n2ncc(C(=O)NCC(C)C)c2n1. The lowest BCUT2D eigenvalue weighted by molar-refractivity contribution is 0.0950. The van der Waals surface area contributed by atoms with Gasteiger partial charge in [-0.2, -0.15) is 5.10 Å². The van der Waals surface area contributed by atoms with E-state index in [1.54, 1.807) is 10.7 Å². The zero-order chi connectivity index (χ0) is 13.3. The van der Waals surface area contributed by atoms with Crippen LogP contribution in [0.5, 0.6) is 0 Å². The number of carbonyl (C=O) groups is 1. The maximum absolute atomic E-state index is 12.0. The number of aromatic nitrogens is 3. The van der Waals surface area contributed by atoms with Gasteiger partial charge in [-0.1, -0.05) is 13.8 Å². The summed E-state index contributed by atoms with van der Waals surface area (Å²) in [5, 5.41) is 7.08. The van der Waals surface area contributed by atoms with E-state index in [-0.39, 0.29) is 5.91 Å². The van der Waals surface area contributed by atoms with Gasteiger partial charge in [-0.15, -0.1) is 0 Å². The van der Waals surface area contributed by atoms with Crippen LogP contribution in [-0.2, 0) is 0 Å². The van der Waals surface area contributed by atoms with E-state index in [1.807, 2.05) is 19.9 Å². The van der Waals surface area contributed by atoms with E-state index in [0.29, 0.717) is 23.7 Å². The first-order valence-electron chi connectivity index (χ1n) is 6.09. The number of fused-ring (bicyclic) bond motifs is 1. The van der Waals surface area contributed by atoms with Crippen molar-refractivity contribution in [3.8, 4) is 0 Å². The Kier molecular flexibility index (Phi) is 3.32. The number of carbonyl (C=O) groups excluding carboxylic acids is 1. The minimum Gasteiger partial charge on any atom is -0.352 e. The first kappa shape index (κ1) is 12.5. The number of nitrogens with one attached hydrogen (secondary N) is 1. The van der Waals surface area contributed by atoms with E-state index < -0.39 is 0 Å². The van der Waals surface area contributed by atoms with Crippen molar-refractivity contribution < 1.29 is 4.79 Å². The predicted octanol–water partition coefficient (Wildman–Crippen LogP) is 1.73. The smallest absolute Gasteiger partial charge is 0.256 e. The first-order chi connectivity index (χ1) is 8.49. The maximum atomic E-state index is 12.0. The summed E-state index contributed by atoms with van der Waals surface area (Å²) in [4.78, 5) is 16.4. The van der Waals surface area contributed by atoms with Crippen molar-refractivity contribution in [2.45, 2.75) is 27.7 Å². The molecule has 0 aliphatic rings. The Balaban J connectivity index is 2.37. The number of rotatable bonds is 3. The average Bonchev–Trinajstić information content (AvgIpc) is 2.69. The first-order valence-corrected chi connectivity index (χ1v) is 6.09. The Bertz CT molecular complexity index is 586. The molecule has 5 nitrogen and oxygen atoms in total. The van der Waals surface area contributed by atoms with Gasteiger partial charge >= 0.3 is 0 Å². The molecular formula is C13H18N4O. The van der Waals surface area contributed by atoms with Crippen LogP contribution in [-0.4, -0.2) is 27.0 Å². The van der Waals surface area contributed by atoms with Gasteiger partial charge in [-0.25, -0.2) is 9.50 Å². The van der Waals surface area contributed by atoms with Crippen molar-refractivity contribution >= 4 is 11.6 Å². The van der Waals surface area contributed by atoms with Crippen molar-refractivity contribution in [2.24, 2.45) is 5.92 Å². The molecular weight excluding hydrogens is 228 g/mol. The second kappa shape index (κ2) is 4.76. The molecule has 1 amide bonds. The average molecular weight is 246 g/mol. The van der Waals surface area contributed by atoms with E-state index in [9.17, 15) is 4.79 Å². The maximum Gasteiger partial charge on any atom is 0.256 e. The van der Waals surface area contributed by atoms with E-state index in [0.717, 1.165) is 11.4 Å². The Morgan fingerprint density at radius 2 is 2.17 bits per heavy atom. The molecule has 0 aliphatic carbocycles. The van der Waals surface area contributed by atoms with Crippen LogP contribution >= 0.6 is 0 Å². The van der Waals surface area contributed by atoms with Gasteiger partial charge in [0.25, 0.3) is 5.91 Å². The molecule has 0 saturated heterocycles. The highest BCUT2D eigenvalue weighted by Gasteiger charge is 2.15. The lowest BCUT2D eigenvalue weighted by Crippen LogP contribution is -2.27. The third-order valence-corrected chi connectivity index (χ3v) is 2.69. The Morgan fingerprint density at radius 1 is 1.44 bits per heavy atom. The van der Waals surface area contributed by atoms with Crippen LogP contribution in [0.15, 0.2) is 12.3 Å². The van der Waals surface area contributed by atoms with Crippen LogP contribution in [0, 0.1) is 19.8 Å². The van der Waals surface area contributed by atoms with Gasteiger partial charge in [0.15, 0.2) is 5.65 Å². The van der Waals surface area contributed by atoms with Crippen LogP contribution in [0.2, 0.25) is 0 Å². The number of hydrogen-bond donors (Lipinski definition) is 1. The molecule has 0 unspecified atom stereocenters. The van der Waals surface area contributed by atoms with Crippen LogP contribution in [0.3, 0.4) is 0 Å². The molecule has 2 aromatic heterocycles. The highest BCUT2D eigenvalue weighted by atomic mass is 16.1. The molecule has 2 rings (SSSR count). The molecule has 1 N–H and O–H groups in total. The zero-order valence-corrected chi connectivity index (χ0v) is 11.2. The Labute approximate surface area is 106 Å². The number of hydrogen-bond acceptors (Lipinski definition) is 3. The van der Waals surface area contributed by atoms with Gasteiger partial charge in [0, 0.05) is 17.9 Å². The van der Waals surface area contributed by atoms with Crippen molar-refractivity contribution in [3.63, 3.8) is 0 Å². The van der Waals surface area contributed by atoms with Gasteiger partial charge < -0.3 is 5.32 Å². The standard InChI is InChI=1S/C13H18N4O/c1-8(2)6-14-13(18)11-7-15-17-10(4)5-9(3)16-12(11)17/h5,7-8H,6H2,1-4H3,(H,14,18). The molecule has 5 heteroatoms. The van der Waals surface area contributed by atoms with Crippen molar-refractivity contribution in [3.05, 3.63) is 29.2 Å². The largest absolute Gasteiger partial charge is 0.352 e. The fourth-order valence-corrected chi connectivity index (χ4v) is 1.82. The second-order valence-electron chi connectivity index (χ2n) is 4.94. The summed E-state index contributed by atoms with van der Waals surface area (Å²) in [5.74, 6) is 0.309. The molecule has 96 valence electrons. The molecule has 2 heterocycles. The van der Waals surface area contributed by atoms with Gasteiger partial charge in [-0.3, -0.25) is 4.79 Å². The summed E-state index contributed by atoms with van der Waals surface area (Å²) >= 11 is 0. The van der Waals surface area contributed by atoms with Crippen molar-refractivity contribution in [1.29, 1.82) is 0 Å². The summed E-state index contributed by atoms with van der Waals surface area (Å²) in [5.41, 5.74) is 3.01. The van der Waals surface area contributed by atoms with Gasteiger partial charge in [0.2, 0.25) is 0 Å². The molecule has 2 aromatic rings. The fourth-order valence-electron chi connectivity index (χ4n) is 1.82. The molecule has 0 radical (unpaired) electrons. The highest BCUT2D eigenvalue weighted by molar-refractivity contribution is 5.99. The summed E-state index contributed by atoms with van der Waals surface area (Å²) in [6.45, 7) is 8.63. The van der Waals surface area contributed by atoms with E-state index in [2.05, 4.69) is 29.2 Å². The van der Waals surface area contributed by atoms with Crippen molar-refractivity contribution in [2.75, 3.05) is 6.54 Å². The Hall–Kier alpha value is -1.91. The minimum absolute atomic E-state index is 0.115. The van der Waals surface area contributed by atoms with Gasteiger partial charge in [0.05, 0.1) is 6.20 Å². The fraction of sp³-hybridized carbons (Fsp3) is 0.462. The topological polar surface area (TPSA) is 59.3 Å². The summed E-state index contributed by atoms with van der Waals surface area (Å²) < 4.78 is 1.69.